The Bertz CT molecular complexity index is 509. The van der Waals surface area contributed by atoms with E-state index in [1.807, 2.05) is 30.3 Å². The number of nitrogens with zero attached hydrogens (tertiary/aromatic N) is 1. The summed E-state index contributed by atoms with van der Waals surface area (Å²) in [5.74, 6) is -0.734. The van der Waals surface area contributed by atoms with E-state index in [4.69, 9.17) is 8.48 Å². The molecule has 1 aromatic rings. The van der Waals surface area contributed by atoms with E-state index in [0.717, 1.165) is 5.56 Å². The van der Waals surface area contributed by atoms with Crippen molar-refractivity contribution >= 4 is 5.91 Å². The highest BCUT2D eigenvalue weighted by atomic mass is 16.1. The van der Waals surface area contributed by atoms with Crippen LogP contribution in [-0.2, 0) is 11.3 Å². The first-order chi connectivity index (χ1) is 8.49. The van der Waals surface area contributed by atoms with Crippen molar-refractivity contribution in [3.8, 4) is 0 Å². The molecule has 0 atom stereocenters. The molecule has 1 amide bonds. The van der Waals surface area contributed by atoms with E-state index in [-0.39, 0.29) is 5.57 Å². The number of carbonyl (C=O) groups excluding carboxylic acids is 1. The van der Waals surface area contributed by atoms with E-state index in [2.05, 4.69) is 0 Å². The Balaban J connectivity index is 2.20. The third-order valence-corrected chi connectivity index (χ3v) is 2.27. The molecule has 0 unspecified atom stereocenters. The van der Waals surface area contributed by atoms with Crippen molar-refractivity contribution in [2.24, 2.45) is 5.73 Å². The molecular formula is C13H14N2O. The third kappa shape index (κ3) is 2.51. The zero-order valence-electron chi connectivity index (χ0n) is 10.8. The SMILES string of the molecule is [2H]C1([2H])C=CN(Cc2ccccc2)C=C1C(N)=O. The second kappa shape index (κ2) is 4.66. The topological polar surface area (TPSA) is 46.3 Å². The van der Waals surface area contributed by atoms with Gasteiger partial charge in [0.15, 0.2) is 0 Å². The summed E-state index contributed by atoms with van der Waals surface area (Å²) in [6.07, 6.45) is 2.64. The maximum Gasteiger partial charge on any atom is 0.246 e. The minimum absolute atomic E-state index is 0.0269. The molecule has 0 spiro atoms. The Morgan fingerprint density at radius 3 is 2.88 bits per heavy atom. The van der Waals surface area contributed by atoms with Gasteiger partial charge in [-0.15, -0.1) is 0 Å². The first-order valence-corrected chi connectivity index (χ1v) is 5.00. The fraction of sp³-hybridized carbons (Fsp3) is 0.154. The molecule has 0 bridgehead atoms. The zero-order chi connectivity index (χ0) is 13.2. The van der Waals surface area contributed by atoms with Crippen LogP contribution in [0.2, 0.25) is 0 Å². The van der Waals surface area contributed by atoms with E-state index in [9.17, 15) is 4.79 Å². The maximum atomic E-state index is 11.2. The summed E-state index contributed by atoms with van der Waals surface area (Å²) in [5, 5.41) is 0. The molecule has 1 aliphatic heterocycles. The number of hydrogen-bond donors (Lipinski definition) is 1. The second-order valence-electron chi connectivity index (χ2n) is 3.53. The highest BCUT2D eigenvalue weighted by Gasteiger charge is 2.09. The quantitative estimate of drug-likeness (QED) is 0.837. The average molecular weight is 216 g/mol. The Morgan fingerprint density at radius 2 is 2.19 bits per heavy atom. The van der Waals surface area contributed by atoms with Gasteiger partial charge in [0.1, 0.15) is 0 Å². The molecule has 0 saturated heterocycles. The van der Waals surface area contributed by atoms with Gasteiger partial charge in [-0.25, -0.2) is 0 Å². The van der Waals surface area contributed by atoms with Crippen LogP contribution < -0.4 is 5.73 Å². The Labute approximate surface area is 97.7 Å². The monoisotopic (exact) mass is 216 g/mol. The Morgan fingerprint density at radius 1 is 1.44 bits per heavy atom. The summed E-state index contributed by atoms with van der Waals surface area (Å²) in [7, 11) is 0. The molecule has 16 heavy (non-hydrogen) atoms. The van der Waals surface area contributed by atoms with Crippen LogP contribution in [0.25, 0.3) is 0 Å². The van der Waals surface area contributed by atoms with Crippen molar-refractivity contribution in [2.75, 3.05) is 0 Å². The van der Waals surface area contributed by atoms with Crippen molar-refractivity contribution in [1.82, 2.24) is 4.90 Å². The average Bonchev–Trinajstić information content (AvgIpc) is 2.32. The number of benzene rings is 1. The first kappa shape index (κ1) is 8.16. The highest BCUT2D eigenvalue weighted by molar-refractivity contribution is 5.92. The molecule has 2 rings (SSSR count). The molecule has 2 N–H and O–H groups in total. The van der Waals surface area contributed by atoms with Crippen LogP contribution in [0.3, 0.4) is 0 Å². The highest BCUT2D eigenvalue weighted by Crippen LogP contribution is 2.14. The van der Waals surface area contributed by atoms with Crippen molar-refractivity contribution in [3.63, 3.8) is 0 Å². The van der Waals surface area contributed by atoms with Gasteiger partial charge < -0.3 is 10.6 Å². The number of carbonyl (C=O) groups is 1. The van der Waals surface area contributed by atoms with Crippen molar-refractivity contribution < 1.29 is 7.54 Å². The predicted molar refractivity (Wildman–Crippen MR) is 63.0 cm³/mol. The standard InChI is InChI=1S/C13H14N2O/c14-13(16)12-7-4-8-15(10-12)9-11-5-2-1-3-6-11/h1-6,8,10H,7,9H2,(H2,14,16)/i7D2. The first-order valence-electron chi connectivity index (χ1n) is 6.00. The molecule has 0 saturated carbocycles. The summed E-state index contributed by atoms with van der Waals surface area (Å²) < 4.78 is 15.3. The van der Waals surface area contributed by atoms with Crippen LogP contribution >= 0.6 is 0 Å². The van der Waals surface area contributed by atoms with Crippen LogP contribution in [0.5, 0.6) is 0 Å². The summed E-state index contributed by atoms with van der Waals surface area (Å²) >= 11 is 0. The van der Waals surface area contributed by atoms with Crippen molar-refractivity contribution in [2.45, 2.75) is 12.9 Å². The smallest absolute Gasteiger partial charge is 0.246 e. The van der Waals surface area contributed by atoms with Crippen LogP contribution in [0.1, 0.15) is 14.7 Å². The van der Waals surface area contributed by atoms with Crippen molar-refractivity contribution in [1.29, 1.82) is 0 Å². The van der Waals surface area contributed by atoms with E-state index >= 15 is 0 Å². The van der Waals surface area contributed by atoms with Gasteiger partial charge in [0, 0.05) is 27.3 Å². The molecule has 1 aromatic carbocycles. The fourth-order valence-corrected chi connectivity index (χ4v) is 1.50. The molecule has 1 heterocycles. The molecule has 82 valence electrons. The van der Waals surface area contributed by atoms with Gasteiger partial charge >= 0.3 is 0 Å². The molecule has 3 heteroatoms. The van der Waals surface area contributed by atoms with E-state index < -0.39 is 12.3 Å². The molecule has 3 nitrogen and oxygen atoms in total. The van der Waals surface area contributed by atoms with Crippen LogP contribution in [0.15, 0.2) is 54.4 Å². The lowest BCUT2D eigenvalue weighted by Gasteiger charge is -2.20. The van der Waals surface area contributed by atoms with Crippen molar-refractivity contribution in [3.05, 3.63) is 59.9 Å². The Kier molecular flexibility index (Phi) is 2.38. The van der Waals surface area contributed by atoms with Gasteiger partial charge in [0.05, 0.1) is 0 Å². The van der Waals surface area contributed by atoms with Gasteiger partial charge in [-0.1, -0.05) is 36.4 Å². The fourth-order valence-electron chi connectivity index (χ4n) is 1.50. The molecular weight excluding hydrogens is 200 g/mol. The minimum atomic E-state index is -1.79. The van der Waals surface area contributed by atoms with E-state index in [0.29, 0.717) is 6.54 Å². The van der Waals surface area contributed by atoms with E-state index in [1.54, 1.807) is 11.1 Å². The number of nitrogens with two attached hydrogens (primary N) is 1. The normalized spacial score (nSPS) is 19.8. The van der Waals surface area contributed by atoms with Gasteiger partial charge in [-0.3, -0.25) is 4.79 Å². The molecule has 0 radical (unpaired) electrons. The zero-order valence-corrected chi connectivity index (χ0v) is 8.76. The minimum Gasteiger partial charge on any atom is -0.366 e. The molecule has 0 fully saturated rings. The van der Waals surface area contributed by atoms with Crippen LogP contribution in [0.4, 0.5) is 0 Å². The number of allylic oxidation sites excluding steroid dienone is 1. The van der Waals surface area contributed by atoms with Gasteiger partial charge in [-0.05, 0) is 11.9 Å². The second-order valence-corrected chi connectivity index (χ2v) is 3.53. The van der Waals surface area contributed by atoms with Gasteiger partial charge in [-0.2, -0.15) is 0 Å². The molecule has 0 aliphatic carbocycles. The Hall–Kier alpha value is -2.03. The van der Waals surface area contributed by atoms with Crippen LogP contribution in [-0.4, -0.2) is 10.8 Å². The van der Waals surface area contributed by atoms with Gasteiger partial charge in [0.25, 0.3) is 0 Å². The predicted octanol–water partition coefficient (Wildman–Crippen LogP) is 1.78. The maximum absolute atomic E-state index is 11.2. The number of rotatable bonds is 3. The number of primary amides is 1. The molecule has 1 aliphatic rings. The number of hydrogen-bond acceptors (Lipinski definition) is 2. The summed E-state index contributed by atoms with van der Waals surface area (Å²) in [5.41, 5.74) is 6.24. The third-order valence-electron chi connectivity index (χ3n) is 2.27. The van der Waals surface area contributed by atoms with E-state index in [1.165, 1.54) is 12.3 Å². The van der Waals surface area contributed by atoms with Crippen LogP contribution in [0, 0.1) is 0 Å². The lowest BCUT2D eigenvalue weighted by atomic mass is 10.1. The summed E-state index contributed by atoms with van der Waals surface area (Å²) in [6.45, 7) is 0.574. The lowest BCUT2D eigenvalue weighted by molar-refractivity contribution is -0.114. The largest absolute Gasteiger partial charge is 0.366 e. The summed E-state index contributed by atoms with van der Waals surface area (Å²) in [6, 6.07) is 9.73. The number of amides is 1. The lowest BCUT2D eigenvalue weighted by Crippen LogP contribution is -2.20. The summed E-state index contributed by atoms with van der Waals surface area (Å²) in [4.78, 5) is 13.0. The molecule has 0 aromatic heterocycles. The van der Waals surface area contributed by atoms with Gasteiger partial charge in [0.2, 0.25) is 5.91 Å².